The Morgan fingerprint density at radius 1 is 1.30 bits per heavy atom. The first-order chi connectivity index (χ1) is 9.81. The fourth-order valence-corrected chi connectivity index (χ4v) is 2.56. The maximum Gasteiger partial charge on any atom is 0.374 e. The van der Waals surface area contributed by atoms with Crippen LogP contribution in [0.15, 0.2) is 52.0 Å². The van der Waals surface area contributed by atoms with E-state index in [9.17, 15) is 4.79 Å². The Labute approximate surface area is 122 Å². The van der Waals surface area contributed by atoms with Gasteiger partial charge < -0.3 is 14.5 Å². The van der Waals surface area contributed by atoms with Crippen molar-refractivity contribution in [1.82, 2.24) is 5.32 Å². The number of carbonyl (C=O) groups is 1. The summed E-state index contributed by atoms with van der Waals surface area (Å²) in [4.78, 5) is 12.7. The quantitative estimate of drug-likeness (QED) is 0.483. The van der Waals surface area contributed by atoms with E-state index in [4.69, 9.17) is 4.42 Å². The van der Waals surface area contributed by atoms with Crippen molar-refractivity contribution in [2.24, 2.45) is 0 Å². The van der Waals surface area contributed by atoms with Gasteiger partial charge >= 0.3 is 5.97 Å². The van der Waals surface area contributed by atoms with Crippen LogP contribution in [0, 0.1) is 0 Å². The predicted molar refractivity (Wildman–Crippen MR) is 78.9 cm³/mol. The number of furan rings is 1. The largest absolute Gasteiger partial charge is 0.463 e. The molecule has 0 radical (unpaired) electrons. The second kappa shape index (κ2) is 7.77. The summed E-state index contributed by atoms with van der Waals surface area (Å²) in [6.07, 6.45) is 1.50. The molecule has 0 aliphatic heterocycles. The van der Waals surface area contributed by atoms with Gasteiger partial charge in [0.05, 0.1) is 13.4 Å². The number of nitrogens with one attached hydrogen (secondary N) is 1. The molecule has 0 fully saturated rings. The van der Waals surface area contributed by atoms with Gasteiger partial charge in [0, 0.05) is 29.3 Å². The van der Waals surface area contributed by atoms with Gasteiger partial charge in [0.2, 0.25) is 5.76 Å². The van der Waals surface area contributed by atoms with E-state index in [2.05, 4.69) is 22.2 Å². The van der Waals surface area contributed by atoms with Crippen LogP contribution in [-0.4, -0.2) is 25.4 Å². The van der Waals surface area contributed by atoms with Gasteiger partial charge in [0.25, 0.3) is 0 Å². The molecule has 106 valence electrons. The highest BCUT2D eigenvalue weighted by atomic mass is 32.2. The molecule has 1 N–H and O–H groups in total. The first-order valence-electron chi connectivity index (χ1n) is 6.34. The van der Waals surface area contributed by atoms with E-state index in [1.54, 1.807) is 17.8 Å². The molecule has 1 aromatic heterocycles. The third-order valence-electron chi connectivity index (χ3n) is 2.72. The average molecular weight is 291 g/mol. The summed E-state index contributed by atoms with van der Waals surface area (Å²) in [5.74, 6) is 0.802. The number of esters is 1. The third-order valence-corrected chi connectivity index (χ3v) is 3.74. The SMILES string of the molecule is COC(=O)c1occc1CNCCSc1ccccc1. The van der Waals surface area contributed by atoms with Gasteiger partial charge in [0.1, 0.15) is 0 Å². The Bertz CT molecular complexity index is 539. The number of rotatable bonds is 7. The molecule has 0 aliphatic rings. The summed E-state index contributed by atoms with van der Waals surface area (Å²) < 4.78 is 9.78. The fourth-order valence-electron chi connectivity index (χ4n) is 1.73. The van der Waals surface area contributed by atoms with Crippen LogP contribution in [0.1, 0.15) is 16.1 Å². The number of benzene rings is 1. The molecule has 1 heterocycles. The van der Waals surface area contributed by atoms with Crippen LogP contribution in [0.4, 0.5) is 0 Å². The van der Waals surface area contributed by atoms with Crippen molar-refractivity contribution >= 4 is 17.7 Å². The van der Waals surface area contributed by atoms with Crippen LogP contribution in [0.5, 0.6) is 0 Å². The third kappa shape index (κ3) is 4.15. The van der Waals surface area contributed by atoms with E-state index < -0.39 is 5.97 Å². The van der Waals surface area contributed by atoms with E-state index in [-0.39, 0.29) is 5.76 Å². The molecule has 4 nitrogen and oxygen atoms in total. The van der Waals surface area contributed by atoms with Crippen LogP contribution >= 0.6 is 11.8 Å². The molecule has 0 atom stereocenters. The van der Waals surface area contributed by atoms with Crippen LogP contribution in [0.2, 0.25) is 0 Å². The Morgan fingerprint density at radius 2 is 2.10 bits per heavy atom. The van der Waals surface area contributed by atoms with Gasteiger partial charge in [0.15, 0.2) is 0 Å². The van der Waals surface area contributed by atoms with Gasteiger partial charge in [-0.1, -0.05) is 18.2 Å². The lowest BCUT2D eigenvalue weighted by molar-refractivity contribution is 0.0563. The molecule has 0 saturated carbocycles. The molecule has 0 bridgehead atoms. The zero-order valence-electron chi connectivity index (χ0n) is 11.3. The predicted octanol–water partition coefficient (Wildman–Crippen LogP) is 2.95. The smallest absolute Gasteiger partial charge is 0.374 e. The van der Waals surface area contributed by atoms with E-state index in [0.717, 1.165) is 17.9 Å². The number of carbonyl (C=O) groups excluding carboxylic acids is 1. The topological polar surface area (TPSA) is 51.5 Å². The Hall–Kier alpha value is -1.72. The summed E-state index contributed by atoms with van der Waals surface area (Å²) >= 11 is 1.80. The second-order valence-electron chi connectivity index (χ2n) is 4.10. The van der Waals surface area contributed by atoms with Crippen molar-refractivity contribution in [1.29, 1.82) is 0 Å². The lowest BCUT2D eigenvalue weighted by Gasteiger charge is -2.04. The fraction of sp³-hybridized carbons (Fsp3) is 0.267. The zero-order chi connectivity index (χ0) is 14.2. The highest BCUT2D eigenvalue weighted by Crippen LogP contribution is 2.16. The summed E-state index contributed by atoms with van der Waals surface area (Å²) in [5, 5.41) is 3.29. The molecule has 5 heteroatoms. The van der Waals surface area contributed by atoms with Crippen molar-refractivity contribution in [2.45, 2.75) is 11.4 Å². The molecule has 2 rings (SSSR count). The van der Waals surface area contributed by atoms with Gasteiger partial charge in [-0.25, -0.2) is 4.79 Å². The van der Waals surface area contributed by atoms with Gasteiger partial charge in [-0.2, -0.15) is 0 Å². The lowest BCUT2D eigenvalue weighted by Crippen LogP contribution is -2.18. The van der Waals surface area contributed by atoms with Crippen LogP contribution in [0.25, 0.3) is 0 Å². The van der Waals surface area contributed by atoms with Crippen molar-refractivity contribution in [2.75, 3.05) is 19.4 Å². The highest BCUT2D eigenvalue weighted by molar-refractivity contribution is 7.99. The minimum atomic E-state index is -0.439. The van der Waals surface area contributed by atoms with Crippen molar-refractivity contribution in [3.05, 3.63) is 54.0 Å². The van der Waals surface area contributed by atoms with Crippen molar-refractivity contribution in [3.63, 3.8) is 0 Å². The van der Waals surface area contributed by atoms with E-state index >= 15 is 0 Å². The highest BCUT2D eigenvalue weighted by Gasteiger charge is 2.14. The normalized spacial score (nSPS) is 10.4. The summed E-state index contributed by atoms with van der Waals surface area (Å²) in [6.45, 7) is 1.45. The van der Waals surface area contributed by atoms with Gasteiger partial charge in [-0.15, -0.1) is 11.8 Å². The standard InChI is InChI=1S/C15H17NO3S/c1-18-15(17)14-12(7-9-19-14)11-16-8-10-20-13-5-3-2-4-6-13/h2-7,9,16H,8,10-11H2,1H3. The van der Waals surface area contributed by atoms with Crippen LogP contribution < -0.4 is 5.32 Å². The number of methoxy groups -OCH3 is 1. The molecule has 0 amide bonds. The first-order valence-corrected chi connectivity index (χ1v) is 7.33. The molecule has 0 spiro atoms. The second-order valence-corrected chi connectivity index (χ2v) is 5.27. The molecule has 2 aromatic rings. The molecule has 20 heavy (non-hydrogen) atoms. The Balaban J connectivity index is 1.71. The molecule has 0 saturated heterocycles. The molecular weight excluding hydrogens is 274 g/mol. The molecule has 1 aromatic carbocycles. The molecule has 0 aliphatic carbocycles. The average Bonchev–Trinajstić information content (AvgIpc) is 2.95. The van der Waals surface area contributed by atoms with Crippen molar-refractivity contribution < 1.29 is 13.9 Å². The van der Waals surface area contributed by atoms with Crippen LogP contribution in [-0.2, 0) is 11.3 Å². The van der Waals surface area contributed by atoms with Gasteiger partial charge in [-0.05, 0) is 18.2 Å². The summed E-state index contributed by atoms with van der Waals surface area (Å²) in [7, 11) is 1.35. The monoisotopic (exact) mass is 291 g/mol. The van der Waals surface area contributed by atoms with Gasteiger partial charge in [-0.3, -0.25) is 0 Å². The number of hydrogen-bond donors (Lipinski definition) is 1. The van der Waals surface area contributed by atoms with Crippen LogP contribution in [0.3, 0.4) is 0 Å². The number of thioether (sulfide) groups is 1. The lowest BCUT2D eigenvalue weighted by atomic mass is 10.2. The van der Waals surface area contributed by atoms with Crippen molar-refractivity contribution in [3.8, 4) is 0 Å². The zero-order valence-corrected chi connectivity index (χ0v) is 12.1. The minimum absolute atomic E-state index is 0.274. The minimum Gasteiger partial charge on any atom is -0.463 e. The maximum atomic E-state index is 11.4. The first kappa shape index (κ1) is 14.7. The summed E-state index contributed by atoms with van der Waals surface area (Å²) in [6, 6.07) is 12.0. The maximum absolute atomic E-state index is 11.4. The Kier molecular flexibility index (Phi) is 5.70. The van der Waals surface area contributed by atoms with E-state index in [1.807, 2.05) is 18.2 Å². The Morgan fingerprint density at radius 3 is 2.85 bits per heavy atom. The molecular formula is C15H17NO3S. The van der Waals surface area contributed by atoms with E-state index in [1.165, 1.54) is 18.3 Å². The molecule has 0 unspecified atom stereocenters. The summed E-state index contributed by atoms with van der Waals surface area (Å²) in [5.41, 5.74) is 0.821. The number of ether oxygens (including phenoxy) is 1. The van der Waals surface area contributed by atoms with E-state index in [0.29, 0.717) is 6.54 Å². The number of hydrogen-bond acceptors (Lipinski definition) is 5.